The van der Waals surface area contributed by atoms with Crippen molar-refractivity contribution >= 4 is 5.97 Å². The summed E-state index contributed by atoms with van der Waals surface area (Å²) in [7, 11) is 0. The second kappa shape index (κ2) is 8.49. The summed E-state index contributed by atoms with van der Waals surface area (Å²) >= 11 is 0. The molecule has 2 aromatic rings. The number of carbonyl (C=O) groups is 1. The molecule has 0 saturated carbocycles. The molecular formula is C20H25NO2. The van der Waals surface area contributed by atoms with Crippen LogP contribution in [0.2, 0.25) is 0 Å². The predicted molar refractivity (Wildman–Crippen MR) is 93.0 cm³/mol. The fraction of sp³-hybridized carbons (Fsp3) is 0.350. The molecular weight excluding hydrogens is 286 g/mol. The zero-order valence-electron chi connectivity index (χ0n) is 13.9. The van der Waals surface area contributed by atoms with Crippen molar-refractivity contribution in [1.29, 1.82) is 0 Å². The second-order valence-electron chi connectivity index (χ2n) is 6.04. The first-order chi connectivity index (χ1) is 11.1. The molecule has 3 nitrogen and oxygen atoms in total. The molecule has 0 radical (unpaired) electrons. The maximum Gasteiger partial charge on any atom is 0.321 e. The lowest BCUT2D eigenvalue weighted by molar-refractivity contribution is -0.146. The number of aliphatic carboxylic acids is 1. The molecule has 0 fully saturated rings. The number of nitrogens with zero attached hydrogens (tertiary/aromatic N) is 1. The number of carboxylic acid groups (broad SMARTS) is 1. The van der Waals surface area contributed by atoms with Gasteiger partial charge in [-0.3, -0.25) is 9.69 Å². The number of carboxylic acids is 1. The molecule has 23 heavy (non-hydrogen) atoms. The summed E-state index contributed by atoms with van der Waals surface area (Å²) in [6.07, 6.45) is 0.844. The zero-order valence-corrected chi connectivity index (χ0v) is 13.9. The molecule has 3 heteroatoms. The molecule has 0 aliphatic heterocycles. The van der Waals surface area contributed by atoms with Crippen LogP contribution in [0.15, 0.2) is 60.7 Å². The lowest BCUT2D eigenvalue weighted by Gasteiger charge is -2.32. The van der Waals surface area contributed by atoms with Crippen LogP contribution in [-0.2, 0) is 17.9 Å². The average molecular weight is 311 g/mol. The molecule has 0 saturated heterocycles. The fourth-order valence-corrected chi connectivity index (χ4v) is 2.87. The second-order valence-corrected chi connectivity index (χ2v) is 6.04. The van der Waals surface area contributed by atoms with Crippen molar-refractivity contribution in [1.82, 2.24) is 4.90 Å². The van der Waals surface area contributed by atoms with Gasteiger partial charge < -0.3 is 5.11 Å². The number of hydrogen-bond acceptors (Lipinski definition) is 2. The van der Waals surface area contributed by atoms with Crippen LogP contribution in [-0.4, -0.2) is 22.0 Å². The van der Waals surface area contributed by atoms with Crippen molar-refractivity contribution in [3.05, 3.63) is 71.8 Å². The molecule has 0 heterocycles. The summed E-state index contributed by atoms with van der Waals surface area (Å²) in [6.45, 7) is 5.33. The van der Waals surface area contributed by atoms with Gasteiger partial charge in [0.1, 0.15) is 6.04 Å². The van der Waals surface area contributed by atoms with Crippen LogP contribution in [0.4, 0.5) is 0 Å². The van der Waals surface area contributed by atoms with E-state index in [0.717, 1.165) is 17.5 Å². The van der Waals surface area contributed by atoms with Crippen LogP contribution < -0.4 is 0 Å². The van der Waals surface area contributed by atoms with Crippen molar-refractivity contribution in [2.24, 2.45) is 5.92 Å². The molecule has 2 rings (SSSR count). The molecule has 0 aromatic heterocycles. The molecule has 0 aliphatic carbocycles. The highest BCUT2D eigenvalue weighted by Crippen LogP contribution is 2.21. The van der Waals surface area contributed by atoms with E-state index < -0.39 is 12.0 Å². The van der Waals surface area contributed by atoms with Gasteiger partial charge in [0.15, 0.2) is 0 Å². The van der Waals surface area contributed by atoms with Gasteiger partial charge in [-0.2, -0.15) is 0 Å². The SMILES string of the molecule is CCC(C)[C@@H](C(=O)O)N(Cc1ccccc1)Cc1ccccc1. The van der Waals surface area contributed by atoms with Crippen LogP contribution in [0.5, 0.6) is 0 Å². The maximum atomic E-state index is 11.9. The highest BCUT2D eigenvalue weighted by atomic mass is 16.4. The van der Waals surface area contributed by atoms with Gasteiger partial charge in [-0.1, -0.05) is 80.9 Å². The summed E-state index contributed by atoms with van der Waals surface area (Å²) in [4.78, 5) is 14.0. The Hall–Kier alpha value is -2.13. The molecule has 0 bridgehead atoms. The van der Waals surface area contributed by atoms with Crippen molar-refractivity contribution in [2.75, 3.05) is 0 Å². The fourth-order valence-electron chi connectivity index (χ4n) is 2.87. The van der Waals surface area contributed by atoms with Gasteiger partial charge >= 0.3 is 5.97 Å². The van der Waals surface area contributed by atoms with E-state index in [1.807, 2.05) is 74.5 Å². The van der Waals surface area contributed by atoms with Gasteiger partial charge in [-0.25, -0.2) is 0 Å². The molecule has 0 spiro atoms. The monoisotopic (exact) mass is 311 g/mol. The molecule has 2 aromatic carbocycles. The lowest BCUT2D eigenvalue weighted by Crippen LogP contribution is -2.44. The minimum Gasteiger partial charge on any atom is -0.480 e. The van der Waals surface area contributed by atoms with Crippen LogP contribution in [0.3, 0.4) is 0 Å². The summed E-state index contributed by atoms with van der Waals surface area (Å²) in [5.74, 6) is -0.647. The zero-order chi connectivity index (χ0) is 16.7. The Morgan fingerprint density at radius 3 is 1.74 bits per heavy atom. The van der Waals surface area contributed by atoms with Crippen LogP contribution >= 0.6 is 0 Å². The van der Waals surface area contributed by atoms with Crippen LogP contribution in [0.25, 0.3) is 0 Å². The Bertz CT molecular complexity index is 556. The van der Waals surface area contributed by atoms with Crippen molar-refractivity contribution in [2.45, 2.75) is 39.4 Å². The maximum absolute atomic E-state index is 11.9. The van der Waals surface area contributed by atoms with Gasteiger partial charge in [0, 0.05) is 13.1 Å². The molecule has 122 valence electrons. The van der Waals surface area contributed by atoms with Crippen molar-refractivity contribution in [3.63, 3.8) is 0 Å². The highest BCUT2D eigenvalue weighted by molar-refractivity contribution is 5.73. The van der Waals surface area contributed by atoms with E-state index in [0.29, 0.717) is 13.1 Å². The third kappa shape index (κ3) is 4.93. The molecule has 1 N–H and O–H groups in total. The minimum absolute atomic E-state index is 0.0972. The quantitative estimate of drug-likeness (QED) is 0.794. The first-order valence-electron chi connectivity index (χ1n) is 8.16. The summed E-state index contributed by atoms with van der Waals surface area (Å²) < 4.78 is 0. The van der Waals surface area contributed by atoms with Gasteiger partial charge in [-0.15, -0.1) is 0 Å². The van der Waals surface area contributed by atoms with E-state index in [-0.39, 0.29) is 5.92 Å². The lowest BCUT2D eigenvalue weighted by atomic mass is 9.96. The number of benzene rings is 2. The Morgan fingerprint density at radius 1 is 0.957 bits per heavy atom. The summed E-state index contributed by atoms with van der Waals surface area (Å²) in [6, 6.07) is 19.7. The Kier molecular flexibility index (Phi) is 6.36. The number of hydrogen-bond donors (Lipinski definition) is 1. The average Bonchev–Trinajstić information content (AvgIpc) is 2.56. The highest BCUT2D eigenvalue weighted by Gasteiger charge is 2.30. The van der Waals surface area contributed by atoms with Crippen molar-refractivity contribution in [3.8, 4) is 0 Å². The van der Waals surface area contributed by atoms with Crippen LogP contribution in [0.1, 0.15) is 31.4 Å². The van der Waals surface area contributed by atoms with Gasteiger partial charge in [0.25, 0.3) is 0 Å². The standard InChI is InChI=1S/C20H25NO2/c1-3-16(2)19(20(22)23)21(14-17-10-6-4-7-11-17)15-18-12-8-5-9-13-18/h4-13,16,19H,3,14-15H2,1-2H3,(H,22,23)/t16?,19-/m0/s1. The Labute approximate surface area is 138 Å². The van der Waals surface area contributed by atoms with Crippen LogP contribution in [0, 0.1) is 5.92 Å². The first kappa shape index (κ1) is 17.2. The Balaban J connectivity index is 2.27. The van der Waals surface area contributed by atoms with E-state index in [9.17, 15) is 9.90 Å². The van der Waals surface area contributed by atoms with E-state index in [4.69, 9.17) is 0 Å². The Morgan fingerprint density at radius 2 is 1.39 bits per heavy atom. The summed E-state index contributed by atoms with van der Waals surface area (Å²) in [5.41, 5.74) is 2.27. The van der Waals surface area contributed by atoms with E-state index in [1.54, 1.807) is 0 Å². The molecule has 1 unspecified atom stereocenters. The summed E-state index contributed by atoms with van der Waals surface area (Å²) in [5, 5.41) is 9.76. The van der Waals surface area contributed by atoms with E-state index in [2.05, 4.69) is 4.90 Å². The van der Waals surface area contributed by atoms with Crippen molar-refractivity contribution < 1.29 is 9.90 Å². The third-order valence-corrected chi connectivity index (χ3v) is 4.29. The van der Waals surface area contributed by atoms with Gasteiger partial charge in [0.2, 0.25) is 0 Å². The van der Waals surface area contributed by atoms with Gasteiger partial charge in [0.05, 0.1) is 0 Å². The molecule has 0 amide bonds. The number of rotatable bonds is 8. The molecule has 0 aliphatic rings. The smallest absolute Gasteiger partial charge is 0.321 e. The topological polar surface area (TPSA) is 40.5 Å². The predicted octanol–water partition coefficient (Wildman–Crippen LogP) is 4.19. The normalized spacial score (nSPS) is 13.7. The largest absolute Gasteiger partial charge is 0.480 e. The van der Waals surface area contributed by atoms with E-state index in [1.165, 1.54) is 0 Å². The van der Waals surface area contributed by atoms with E-state index >= 15 is 0 Å². The first-order valence-corrected chi connectivity index (χ1v) is 8.16. The minimum atomic E-state index is -0.744. The van der Waals surface area contributed by atoms with Gasteiger partial charge in [-0.05, 0) is 17.0 Å². The molecule has 2 atom stereocenters. The third-order valence-electron chi connectivity index (χ3n) is 4.29.